The van der Waals surface area contributed by atoms with Crippen LogP contribution >= 0.6 is 22.6 Å². The summed E-state index contributed by atoms with van der Waals surface area (Å²) in [6.07, 6.45) is 3.57. The second-order valence-corrected chi connectivity index (χ2v) is 5.00. The molecule has 0 aliphatic carbocycles. The summed E-state index contributed by atoms with van der Waals surface area (Å²) >= 11 is 2.18. The quantitative estimate of drug-likeness (QED) is 0.666. The van der Waals surface area contributed by atoms with E-state index in [2.05, 4.69) is 44.8 Å². The third-order valence-corrected chi connectivity index (χ3v) is 2.96. The Morgan fingerprint density at radius 3 is 2.35 bits per heavy atom. The topological polar surface area (TPSA) is 63.8 Å². The summed E-state index contributed by atoms with van der Waals surface area (Å²) in [5, 5.41) is 3.24. The molecule has 0 radical (unpaired) electrons. The number of aromatic nitrogens is 2. The highest BCUT2D eigenvalue weighted by Crippen LogP contribution is 2.17. The van der Waals surface area contributed by atoms with Crippen LogP contribution < -0.4 is 11.1 Å². The van der Waals surface area contributed by atoms with Crippen LogP contribution in [-0.4, -0.2) is 9.97 Å². The van der Waals surface area contributed by atoms with E-state index in [1.165, 1.54) is 0 Å². The fraction of sp³-hybridized carbons (Fsp3) is 0.167. The number of nitrogens with two attached hydrogens (primary N) is 1. The zero-order chi connectivity index (χ0) is 12.3. The fourth-order valence-electron chi connectivity index (χ4n) is 1.45. The molecule has 5 heteroatoms. The zero-order valence-corrected chi connectivity index (χ0v) is 11.5. The van der Waals surface area contributed by atoms with Crippen molar-refractivity contribution in [1.29, 1.82) is 0 Å². The minimum absolute atomic E-state index is 0.149. The molecule has 0 aliphatic rings. The van der Waals surface area contributed by atoms with E-state index >= 15 is 0 Å². The Balaban J connectivity index is 2.08. The number of nitrogens with zero attached hydrogens (tertiary/aromatic N) is 2. The van der Waals surface area contributed by atoms with Gasteiger partial charge in [-0.1, -0.05) is 12.1 Å². The third kappa shape index (κ3) is 3.29. The van der Waals surface area contributed by atoms with Crippen molar-refractivity contribution in [3.63, 3.8) is 0 Å². The van der Waals surface area contributed by atoms with Gasteiger partial charge in [0.2, 0.25) is 5.95 Å². The molecule has 0 bridgehead atoms. The van der Waals surface area contributed by atoms with E-state index in [-0.39, 0.29) is 6.04 Å². The van der Waals surface area contributed by atoms with E-state index in [0.717, 1.165) is 14.8 Å². The summed E-state index contributed by atoms with van der Waals surface area (Å²) in [5.41, 5.74) is 7.57. The molecule has 0 fully saturated rings. The van der Waals surface area contributed by atoms with E-state index in [1.54, 1.807) is 12.4 Å². The Kier molecular flexibility index (Phi) is 3.78. The maximum Gasteiger partial charge on any atom is 0.223 e. The Morgan fingerprint density at radius 1 is 1.18 bits per heavy atom. The van der Waals surface area contributed by atoms with Gasteiger partial charge in [-0.25, -0.2) is 9.97 Å². The van der Waals surface area contributed by atoms with Crippen molar-refractivity contribution in [2.45, 2.75) is 13.0 Å². The molecule has 17 heavy (non-hydrogen) atoms. The maximum absolute atomic E-state index is 5.65. The fourth-order valence-corrected chi connectivity index (χ4v) is 1.73. The number of benzene rings is 1. The first kappa shape index (κ1) is 12.1. The number of hydrogen-bond donors (Lipinski definition) is 2. The molecule has 1 aromatic heterocycles. The van der Waals surface area contributed by atoms with Crippen molar-refractivity contribution in [2.24, 2.45) is 0 Å². The molecule has 1 aromatic carbocycles. The van der Waals surface area contributed by atoms with Crippen molar-refractivity contribution in [1.82, 2.24) is 9.97 Å². The number of anilines is 2. The van der Waals surface area contributed by atoms with Gasteiger partial charge < -0.3 is 11.1 Å². The van der Waals surface area contributed by atoms with Gasteiger partial charge >= 0.3 is 0 Å². The minimum atomic E-state index is 0.149. The lowest BCUT2D eigenvalue weighted by Gasteiger charge is -2.14. The van der Waals surface area contributed by atoms with Crippen molar-refractivity contribution in [3.8, 4) is 0 Å². The van der Waals surface area contributed by atoms with E-state index in [0.29, 0.717) is 5.95 Å². The molecule has 0 saturated carbocycles. The summed E-state index contributed by atoms with van der Waals surface area (Å²) < 4.78 is 1.02. The highest BCUT2D eigenvalue weighted by atomic mass is 127. The third-order valence-electron chi connectivity index (χ3n) is 2.40. The van der Waals surface area contributed by atoms with Gasteiger partial charge in [-0.15, -0.1) is 0 Å². The highest BCUT2D eigenvalue weighted by Gasteiger charge is 2.06. The van der Waals surface area contributed by atoms with Gasteiger partial charge in [0, 0.05) is 21.7 Å². The van der Waals surface area contributed by atoms with Crippen LogP contribution in [-0.2, 0) is 0 Å². The standard InChI is InChI=1S/C12H13IN4/c1-8(9-2-4-11(14)5-3-9)17-12-15-6-10(13)7-16-12/h2-8H,14H2,1H3,(H,15,16,17). The van der Waals surface area contributed by atoms with E-state index in [1.807, 2.05) is 24.3 Å². The summed E-state index contributed by atoms with van der Waals surface area (Å²) in [6, 6.07) is 7.93. The van der Waals surface area contributed by atoms with Crippen LogP contribution in [0.3, 0.4) is 0 Å². The predicted molar refractivity (Wildman–Crippen MR) is 77.6 cm³/mol. The van der Waals surface area contributed by atoms with Crippen LogP contribution in [0.5, 0.6) is 0 Å². The second kappa shape index (κ2) is 5.31. The first-order valence-electron chi connectivity index (χ1n) is 5.24. The Labute approximate surface area is 114 Å². The molecule has 0 spiro atoms. The second-order valence-electron chi connectivity index (χ2n) is 3.76. The first-order valence-corrected chi connectivity index (χ1v) is 6.32. The summed E-state index contributed by atoms with van der Waals surface area (Å²) in [6.45, 7) is 2.06. The largest absolute Gasteiger partial charge is 0.399 e. The molecule has 2 aromatic rings. The lowest BCUT2D eigenvalue weighted by atomic mass is 10.1. The number of halogens is 1. The Bertz CT molecular complexity index is 481. The highest BCUT2D eigenvalue weighted by molar-refractivity contribution is 14.1. The van der Waals surface area contributed by atoms with Crippen LogP contribution in [0, 0.1) is 3.57 Å². The van der Waals surface area contributed by atoms with Crippen molar-refractivity contribution >= 4 is 34.2 Å². The number of nitrogens with one attached hydrogen (secondary N) is 1. The van der Waals surface area contributed by atoms with Gasteiger partial charge in [0.25, 0.3) is 0 Å². The van der Waals surface area contributed by atoms with Crippen molar-refractivity contribution in [2.75, 3.05) is 11.1 Å². The summed E-state index contributed by atoms with van der Waals surface area (Å²) in [7, 11) is 0. The van der Waals surface area contributed by atoms with Gasteiger partial charge in [0.05, 0.1) is 6.04 Å². The Hall–Kier alpha value is -1.37. The summed E-state index contributed by atoms with van der Waals surface area (Å²) in [5.74, 6) is 0.634. The van der Waals surface area contributed by atoms with Gasteiger partial charge in [0.1, 0.15) is 0 Å². The smallest absolute Gasteiger partial charge is 0.223 e. The van der Waals surface area contributed by atoms with Crippen molar-refractivity contribution in [3.05, 3.63) is 45.8 Å². The average molecular weight is 340 g/mol. The molecule has 1 atom stereocenters. The summed E-state index contributed by atoms with van der Waals surface area (Å²) in [4.78, 5) is 8.41. The lowest BCUT2D eigenvalue weighted by Crippen LogP contribution is -2.09. The van der Waals surface area contributed by atoms with Crippen LogP contribution in [0.2, 0.25) is 0 Å². The zero-order valence-electron chi connectivity index (χ0n) is 9.39. The molecule has 1 heterocycles. The molecule has 1 unspecified atom stereocenters. The molecular weight excluding hydrogens is 327 g/mol. The van der Waals surface area contributed by atoms with Crippen LogP contribution in [0.15, 0.2) is 36.7 Å². The molecular formula is C12H13IN4. The molecule has 4 nitrogen and oxygen atoms in total. The normalized spacial score (nSPS) is 12.1. The van der Waals surface area contributed by atoms with Crippen LogP contribution in [0.1, 0.15) is 18.5 Å². The molecule has 3 N–H and O–H groups in total. The molecule has 88 valence electrons. The van der Waals surface area contributed by atoms with Crippen LogP contribution in [0.4, 0.5) is 11.6 Å². The molecule has 0 saturated heterocycles. The lowest BCUT2D eigenvalue weighted by molar-refractivity contribution is 0.860. The van der Waals surface area contributed by atoms with Gasteiger partial charge in [-0.2, -0.15) is 0 Å². The van der Waals surface area contributed by atoms with Gasteiger partial charge in [-0.05, 0) is 47.2 Å². The SMILES string of the molecule is CC(Nc1ncc(I)cn1)c1ccc(N)cc1. The average Bonchev–Trinajstić information content (AvgIpc) is 2.33. The minimum Gasteiger partial charge on any atom is -0.399 e. The first-order chi connectivity index (χ1) is 8.15. The maximum atomic E-state index is 5.65. The predicted octanol–water partition coefficient (Wildman–Crippen LogP) is 2.84. The van der Waals surface area contributed by atoms with E-state index in [9.17, 15) is 0 Å². The van der Waals surface area contributed by atoms with Gasteiger partial charge in [-0.3, -0.25) is 0 Å². The molecule has 0 aliphatic heterocycles. The van der Waals surface area contributed by atoms with Crippen molar-refractivity contribution < 1.29 is 0 Å². The number of rotatable bonds is 3. The molecule has 0 amide bonds. The van der Waals surface area contributed by atoms with E-state index < -0.39 is 0 Å². The number of hydrogen-bond acceptors (Lipinski definition) is 4. The monoisotopic (exact) mass is 340 g/mol. The van der Waals surface area contributed by atoms with E-state index in [4.69, 9.17) is 5.73 Å². The Morgan fingerprint density at radius 2 is 1.76 bits per heavy atom. The molecule has 2 rings (SSSR count). The number of nitrogen functional groups attached to an aromatic ring is 1. The van der Waals surface area contributed by atoms with Crippen LogP contribution in [0.25, 0.3) is 0 Å². The van der Waals surface area contributed by atoms with Gasteiger partial charge in [0.15, 0.2) is 0 Å².